The third-order valence-corrected chi connectivity index (χ3v) is 7.30. The first-order chi connectivity index (χ1) is 18.0. The van der Waals surface area contributed by atoms with Crippen LogP contribution in [0.2, 0.25) is 5.02 Å². The van der Waals surface area contributed by atoms with Crippen LogP contribution in [0.1, 0.15) is 49.2 Å². The van der Waals surface area contributed by atoms with E-state index in [1.54, 1.807) is 43.5 Å². The summed E-state index contributed by atoms with van der Waals surface area (Å²) in [5.74, 6) is -1.02. The molecule has 3 aromatic carbocycles. The minimum Gasteiger partial charge on any atom is -0.507 e. The summed E-state index contributed by atoms with van der Waals surface area (Å²) < 4.78 is 5.56. The Morgan fingerprint density at radius 3 is 2.37 bits per heavy atom. The van der Waals surface area contributed by atoms with Gasteiger partial charge in [-0.1, -0.05) is 50.6 Å². The Labute approximate surface area is 226 Å². The molecule has 5 rings (SSSR count). The van der Waals surface area contributed by atoms with Gasteiger partial charge in [-0.25, -0.2) is 0 Å². The number of aromatic nitrogens is 1. The van der Waals surface area contributed by atoms with Gasteiger partial charge >= 0.3 is 0 Å². The second-order valence-corrected chi connectivity index (χ2v) is 11.0. The van der Waals surface area contributed by atoms with Crippen LogP contribution in [0.4, 0.5) is 5.69 Å². The van der Waals surface area contributed by atoms with E-state index in [4.69, 9.17) is 16.3 Å². The van der Waals surface area contributed by atoms with Gasteiger partial charge in [0.2, 0.25) is 0 Å². The zero-order valence-corrected chi connectivity index (χ0v) is 22.7. The van der Waals surface area contributed by atoms with E-state index < -0.39 is 17.7 Å². The molecular formula is C31H29ClN2O4. The Kier molecular flexibility index (Phi) is 6.32. The maximum atomic E-state index is 13.7. The number of rotatable bonds is 4. The van der Waals surface area contributed by atoms with E-state index in [1.807, 2.05) is 58.0 Å². The number of halogens is 1. The molecule has 1 amide bonds. The van der Waals surface area contributed by atoms with Crippen molar-refractivity contribution in [3.05, 3.63) is 99.7 Å². The highest BCUT2D eigenvalue weighted by Gasteiger charge is 2.48. The zero-order valence-electron chi connectivity index (χ0n) is 21.9. The lowest BCUT2D eigenvalue weighted by Gasteiger charge is -2.26. The highest BCUT2D eigenvalue weighted by molar-refractivity contribution is 6.52. The van der Waals surface area contributed by atoms with Crippen LogP contribution in [0, 0.1) is 6.92 Å². The fraction of sp³-hybridized carbons (Fsp3) is 0.226. The number of anilines is 1. The Hall–Kier alpha value is -4.03. The number of ketones is 1. The van der Waals surface area contributed by atoms with Gasteiger partial charge in [-0.15, -0.1) is 0 Å². The third-order valence-electron chi connectivity index (χ3n) is 7.05. The van der Waals surface area contributed by atoms with Crippen molar-refractivity contribution in [3.8, 4) is 5.75 Å². The van der Waals surface area contributed by atoms with E-state index in [0.717, 1.165) is 27.7 Å². The van der Waals surface area contributed by atoms with Crippen LogP contribution in [0.25, 0.3) is 16.7 Å². The molecule has 1 aliphatic heterocycles. The number of carbonyl (C=O) groups is 2. The number of aryl methyl sites for hydroxylation is 1. The summed E-state index contributed by atoms with van der Waals surface area (Å²) in [6.07, 6.45) is 0. The van der Waals surface area contributed by atoms with E-state index in [0.29, 0.717) is 22.0 Å². The molecule has 1 atom stereocenters. The molecule has 1 aliphatic rings. The fourth-order valence-corrected chi connectivity index (χ4v) is 5.35. The first-order valence-corrected chi connectivity index (χ1v) is 12.7. The summed E-state index contributed by atoms with van der Waals surface area (Å²) in [7, 11) is 1.60. The number of benzene rings is 3. The number of nitrogens with one attached hydrogen (secondary N) is 1. The van der Waals surface area contributed by atoms with Gasteiger partial charge in [-0.05, 0) is 60.9 Å². The number of ether oxygens (including phenoxy) is 1. The van der Waals surface area contributed by atoms with Gasteiger partial charge in [0.05, 0.1) is 18.7 Å². The quantitative estimate of drug-likeness (QED) is 0.169. The van der Waals surface area contributed by atoms with Crippen LogP contribution >= 0.6 is 11.6 Å². The van der Waals surface area contributed by atoms with Crippen molar-refractivity contribution >= 4 is 45.6 Å². The second-order valence-electron chi connectivity index (χ2n) is 10.5. The Bertz CT molecular complexity index is 1610. The van der Waals surface area contributed by atoms with Gasteiger partial charge in [-0.2, -0.15) is 0 Å². The van der Waals surface area contributed by atoms with Crippen LogP contribution in [0.15, 0.2) is 72.3 Å². The molecule has 2 N–H and O–H groups in total. The largest absolute Gasteiger partial charge is 0.507 e. The smallest absolute Gasteiger partial charge is 0.300 e. The summed E-state index contributed by atoms with van der Waals surface area (Å²) in [5.41, 5.74) is 3.99. The number of aliphatic hydroxyl groups excluding tert-OH is 1. The maximum Gasteiger partial charge on any atom is 0.300 e. The van der Waals surface area contributed by atoms with Gasteiger partial charge in [0.1, 0.15) is 11.5 Å². The fourth-order valence-electron chi connectivity index (χ4n) is 5.22. The third kappa shape index (κ3) is 4.15. The molecule has 1 saturated heterocycles. The van der Waals surface area contributed by atoms with Gasteiger partial charge in [0.25, 0.3) is 11.7 Å². The van der Waals surface area contributed by atoms with Crippen LogP contribution in [0.5, 0.6) is 5.75 Å². The molecule has 1 aromatic heterocycles. The van der Waals surface area contributed by atoms with Gasteiger partial charge in [0.15, 0.2) is 0 Å². The molecule has 1 unspecified atom stereocenters. The van der Waals surface area contributed by atoms with Crippen molar-refractivity contribution in [2.45, 2.75) is 39.2 Å². The lowest BCUT2D eigenvalue weighted by molar-refractivity contribution is -0.132. The summed E-state index contributed by atoms with van der Waals surface area (Å²) in [4.78, 5) is 32.1. The molecule has 0 saturated carbocycles. The van der Waals surface area contributed by atoms with E-state index >= 15 is 0 Å². The number of para-hydroxylation sites is 1. The van der Waals surface area contributed by atoms with Gasteiger partial charge < -0.3 is 14.8 Å². The first kappa shape index (κ1) is 25.6. The Morgan fingerprint density at radius 2 is 1.71 bits per heavy atom. The molecule has 2 heterocycles. The SMILES string of the molecule is COc1ccc(/C(O)=C2\C(=O)C(=O)N(c3ccc(Cl)cc3)C2c2c(C)[nH]c3ccccc23)cc1C(C)(C)C. The maximum absolute atomic E-state index is 13.7. The average molecular weight is 529 g/mol. The van der Waals surface area contributed by atoms with Crippen molar-refractivity contribution in [3.63, 3.8) is 0 Å². The molecule has 0 bridgehead atoms. The standard InChI is InChI=1S/C31H29ClN2O4/c1-17-25(21-8-6-7-9-23(21)33-17)27-26(29(36)30(37)34(27)20-13-11-19(32)12-14-20)28(35)18-10-15-24(38-5)22(16-18)31(2,3)4/h6-16,27,33,35H,1-5H3/b28-26+. The number of hydrogen-bond acceptors (Lipinski definition) is 4. The number of H-pyrrole nitrogens is 1. The molecule has 4 aromatic rings. The number of carbonyl (C=O) groups excluding carboxylic acids is 2. The number of amides is 1. The molecule has 6 nitrogen and oxygen atoms in total. The number of methoxy groups -OCH3 is 1. The van der Waals surface area contributed by atoms with E-state index in [2.05, 4.69) is 4.98 Å². The van der Waals surface area contributed by atoms with Crippen molar-refractivity contribution in [2.75, 3.05) is 12.0 Å². The molecule has 0 spiro atoms. The Balaban J connectivity index is 1.80. The molecule has 194 valence electrons. The monoisotopic (exact) mass is 528 g/mol. The van der Waals surface area contributed by atoms with E-state index in [9.17, 15) is 14.7 Å². The molecule has 7 heteroatoms. The lowest BCUT2D eigenvalue weighted by Crippen LogP contribution is -2.29. The van der Waals surface area contributed by atoms with Crippen molar-refractivity contribution in [2.24, 2.45) is 0 Å². The van der Waals surface area contributed by atoms with Crippen LogP contribution < -0.4 is 9.64 Å². The molecule has 1 fully saturated rings. The minimum absolute atomic E-state index is 0.0304. The number of Topliss-reactive ketones (excluding diaryl/α,β-unsaturated/α-hetero) is 1. The molecule has 0 aliphatic carbocycles. The number of aromatic amines is 1. The average Bonchev–Trinajstić information content (AvgIpc) is 3.35. The first-order valence-electron chi connectivity index (χ1n) is 12.4. The van der Waals surface area contributed by atoms with Crippen LogP contribution in [-0.2, 0) is 15.0 Å². The second kappa shape index (κ2) is 9.37. The molecular weight excluding hydrogens is 500 g/mol. The summed E-state index contributed by atoms with van der Waals surface area (Å²) in [6.45, 7) is 8.04. The number of fused-ring (bicyclic) bond motifs is 1. The highest BCUT2D eigenvalue weighted by atomic mass is 35.5. The number of aliphatic hydroxyl groups is 1. The van der Waals surface area contributed by atoms with Crippen LogP contribution in [-0.4, -0.2) is 28.9 Å². The topological polar surface area (TPSA) is 82.6 Å². The zero-order chi connectivity index (χ0) is 27.4. The van der Waals surface area contributed by atoms with E-state index in [1.165, 1.54) is 4.90 Å². The summed E-state index contributed by atoms with van der Waals surface area (Å²) in [6, 6.07) is 18.9. The van der Waals surface area contributed by atoms with Gasteiger partial charge in [0, 0.05) is 44.0 Å². The number of nitrogens with zero attached hydrogens (tertiary/aromatic N) is 1. The molecule has 0 radical (unpaired) electrons. The minimum atomic E-state index is -0.854. The summed E-state index contributed by atoms with van der Waals surface area (Å²) in [5, 5.41) is 13.1. The van der Waals surface area contributed by atoms with Crippen LogP contribution in [0.3, 0.4) is 0 Å². The summed E-state index contributed by atoms with van der Waals surface area (Å²) >= 11 is 6.12. The number of hydrogen-bond donors (Lipinski definition) is 2. The predicted octanol–water partition coefficient (Wildman–Crippen LogP) is 7.06. The molecule has 38 heavy (non-hydrogen) atoms. The highest BCUT2D eigenvalue weighted by Crippen LogP contribution is 2.46. The lowest BCUT2D eigenvalue weighted by atomic mass is 9.84. The predicted molar refractivity (Wildman–Crippen MR) is 151 cm³/mol. The van der Waals surface area contributed by atoms with Crippen molar-refractivity contribution in [1.82, 2.24) is 4.98 Å². The van der Waals surface area contributed by atoms with Crippen molar-refractivity contribution in [1.29, 1.82) is 0 Å². The van der Waals surface area contributed by atoms with Gasteiger partial charge in [-0.3, -0.25) is 14.5 Å². The normalized spacial score (nSPS) is 17.4. The Morgan fingerprint density at radius 1 is 1.03 bits per heavy atom. The van der Waals surface area contributed by atoms with Crippen molar-refractivity contribution < 1.29 is 19.4 Å². The van der Waals surface area contributed by atoms with E-state index in [-0.39, 0.29) is 16.7 Å².